The number of carbonyl (C=O) groups is 3. The van der Waals surface area contributed by atoms with Gasteiger partial charge < -0.3 is 10.2 Å². The van der Waals surface area contributed by atoms with Gasteiger partial charge in [0.15, 0.2) is 0 Å². The molecule has 1 N–H and O–H groups in total. The lowest BCUT2D eigenvalue weighted by Crippen LogP contribution is -2.49. The molecule has 7 heteroatoms. The van der Waals surface area contributed by atoms with Gasteiger partial charge in [0.1, 0.15) is 12.1 Å². The molecule has 1 aliphatic heterocycles. The van der Waals surface area contributed by atoms with Gasteiger partial charge in [0.25, 0.3) is 5.91 Å². The maximum atomic E-state index is 12.8. The first kappa shape index (κ1) is 17.0. The number of hydrogen-bond acceptors (Lipinski definition) is 4. The highest BCUT2D eigenvalue weighted by Crippen LogP contribution is 2.39. The van der Waals surface area contributed by atoms with Crippen LogP contribution in [-0.2, 0) is 9.59 Å². The Kier molecular flexibility index (Phi) is 4.45. The van der Waals surface area contributed by atoms with Crippen LogP contribution < -0.4 is 5.32 Å². The number of imide groups is 1. The number of hydrogen-bond donors (Lipinski definition) is 1. The van der Waals surface area contributed by atoms with Gasteiger partial charge in [-0.3, -0.25) is 14.5 Å². The summed E-state index contributed by atoms with van der Waals surface area (Å²) in [5, 5.41) is 11.4. The molecular formula is C18H20N4O3. The van der Waals surface area contributed by atoms with E-state index in [4.69, 9.17) is 5.26 Å². The van der Waals surface area contributed by atoms with Crippen molar-refractivity contribution in [3.8, 4) is 6.07 Å². The lowest BCUT2D eigenvalue weighted by molar-refractivity contribution is -0.136. The molecule has 1 spiro atoms. The van der Waals surface area contributed by atoms with E-state index in [1.165, 1.54) is 4.90 Å². The average molecular weight is 340 g/mol. The zero-order valence-corrected chi connectivity index (χ0v) is 14.1. The van der Waals surface area contributed by atoms with Crippen molar-refractivity contribution in [2.75, 3.05) is 18.9 Å². The molecule has 1 aromatic carbocycles. The Bertz CT molecular complexity index is 745. The Morgan fingerprint density at radius 2 is 1.84 bits per heavy atom. The fraction of sp³-hybridized carbons (Fsp3) is 0.444. The van der Waals surface area contributed by atoms with E-state index in [0.717, 1.165) is 24.2 Å². The Labute approximate surface area is 146 Å². The molecule has 3 rings (SSSR count). The van der Waals surface area contributed by atoms with E-state index in [1.54, 1.807) is 31.3 Å². The minimum absolute atomic E-state index is 0.269. The highest BCUT2D eigenvalue weighted by molar-refractivity contribution is 6.10. The van der Waals surface area contributed by atoms with E-state index in [-0.39, 0.29) is 12.5 Å². The standard InChI is InChI=1S/C18H20N4O3/c1-21-17(25)22(16(24)18(21)9-3-2-4-10-18)12-15(23)20-14-7-5-13(11-19)6-8-14/h5-8H,2-4,9-10,12H2,1H3,(H,20,23). The Morgan fingerprint density at radius 1 is 1.20 bits per heavy atom. The van der Waals surface area contributed by atoms with Gasteiger partial charge in [0.05, 0.1) is 11.6 Å². The van der Waals surface area contributed by atoms with Crippen molar-refractivity contribution >= 4 is 23.5 Å². The van der Waals surface area contributed by atoms with Gasteiger partial charge in [0.2, 0.25) is 5.91 Å². The summed E-state index contributed by atoms with van der Waals surface area (Å²) in [7, 11) is 1.64. The summed E-state index contributed by atoms with van der Waals surface area (Å²) >= 11 is 0. The quantitative estimate of drug-likeness (QED) is 0.853. The van der Waals surface area contributed by atoms with E-state index in [9.17, 15) is 14.4 Å². The van der Waals surface area contributed by atoms with Gasteiger partial charge in [-0.05, 0) is 37.1 Å². The van der Waals surface area contributed by atoms with Crippen molar-refractivity contribution in [2.24, 2.45) is 0 Å². The predicted molar refractivity (Wildman–Crippen MR) is 90.5 cm³/mol. The van der Waals surface area contributed by atoms with Crippen molar-refractivity contribution in [2.45, 2.75) is 37.6 Å². The summed E-state index contributed by atoms with van der Waals surface area (Å²) in [4.78, 5) is 40.1. The largest absolute Gasteiger partial charge is 0.327 e. The van der Waals surface area contributed by atoms with Crippen LogP contribution in [0.3, 0.4) is 0 Å². The third kappa shape index (κ3) is 2.95. The number of nitriles is 1. The monoisotopic (exact) mass is 340 g/mol. The number of nitrogens with one attached hydrogen (secondary N) is 1. The van der Waals surface area contributed by atoms with Crippen LogP contribution in [0.5, 0.6) is 0 Å². The van der Waals surface area contributed by atoms with Crippen molar-refractivity contribution in [1.29, 1.82) is 5.26 Å². The predicted octanol–water partition coefficient (Wildman–Crippen LogP) is 2.09. The fourth-order valence-electron chi connectivity index (χ4n) is 3.64. The molecule has 7 nitrogen and oxygen atoms in total. The third-order valence-electron chi connectivity index (χ3n) is 5.08. The minimum atomic E-state index is -0.774. The molecule has 130 valence electrons. The van der Waals surface area contributed by atoms with Gasteiger partial charge >= 0.3 is 6.03 Å². The molecule has 0 bridgehead atoms. The molecule has 4 amide bonds. The first-order valence-corrected chi connectivity index (χ1v) is 8.38. The summed E-state index contributed by atoms with van der Waals surface area (Å²) in [6.07, 6.45) is 4.20. The molecule has 1 aliphatic carbocycles. The van der Waals surface area contributed by atoms with Crippen LogP contribution in [0.2, 0.25) is 0 Å². The number of likely N-dealkylation sites (N-methyl/N-ethyl adjacent to an activating group) is 1. The molecule has 0 radical (unpaired) electrons. The summed E-state index contributed by atoms with van der Waals surface area (Å²) < 4.78 is 0. The molecular weight excluding hydrogens is 320 g/mol. The number of benzene rings is 1. The van der Waals surface area contributed by atoms with Crippen LogP contribution in [0, 0.1) is 11.3 Å². The van der Waals surface area contributed by atoms with Crippen LogP contribution in [0.1, 0.15) is 37.7 Å². The lowest BCUT2D eigenvalue weighted by atomic mass is 9.81. The first-order chi connectivity index (χ1) is 12.0. The topological polar surface area (TPSA) is 93.5 Å². The zero-order chi connectivity index (χ0) is 18.0. The fourth-order valence-corrected chi connectivity index (χ4v) is 3.64. The Balaban J connectivity index is 1.69. The summed E-state index contributed by atoms with van der Waals surface area (Å²) in [5.41, 5.74) is 0.233. The minimum Gasteiger partial charge on any atom is -0.325 e. The van der Waals surface area contributed by atoms with E-state index in [0.29, 0.717) is 24.1 Å². The maximum absolute atomic E-state index is 12.8. The van der Waals surface area contributed by atoms with Crippen LogP contribution in [0.25, 0.3) is 0 Å². The maximum Gasteiger partial charge on any atom is 0.327 e. The molecule has 2 fully saturated rings. The van der Waals surface area contributed by atoms with E-state index >= 15 is 0 Å². The Morgan fingerprint density at radius 3 is 2.44 bits per heavy atom. The number of carbonyl (C=O) groups excluding carboxylic acids is 3. The second-order valence-corrected chi connectivity index (χ2v) is 6.56. The number of anilines is 1. The molecule has 0 atom stereocenters. The molecule has 2 aliphatic rings. The van der Waals surface area contributed by atoms with Crippen molar-refractivity contribution in [3.63, 3.8) is 0 Å². The van der Waals surface area contributed by atoms with Crippen LogP contribution in [0.15, 0.2) is 24.3 Å². The van der Waals surface area contributed by atoms with E-state index < -0.39 is 17.5 Å². The van der Waals surface area contributed by atoms with Crippen molar-refractivity contribution in [3.05, 3.63) is 29.8 Å². The summed E-state index contributed by atoms with van der Waals surface area (Å²) in [6.45, 7) is -0.302. The number of rotatable bonds is 3. The molecule has 0 aromatic heterocycles. The average Bonchev–Trinajstić information content (AvgIpc) is 2.79. The second kappa shape index (κ2) is 6.55. The van der Waals surface area contributed by atoms with Crippen molar-refractivity contribution in [1.82, 2.24) is 9.80 Å². The van der Waals surface area contributed by atoms with Crippen LogP contribution in [-0.4, -0.2) is 46.8 Å². The van der Waals surface area contributed by atoms with Gasteiger partial charge in [-0.25, -0.2) is 4.79 Å². The number of urea groups is 1. The summed E-state index contributed by atoms with van der Waals surface area (Å²) in [6, 6.07) is 7.98. The van der Waals surface area contributed by atoms with Gasteiger partial charge in [-0.15, -0.1) is 0 Å². The molecule has 1 saturated carbocycles. The summed E-state index contributed by atoms with van der Waals surface area (Å²) in [5.74, 6) is -0.706. The lowest BCUT2D eigenvalue weighted by Gasteiger charge is -2.35. The molecule has 0 unspecified atom stereocenters. The van der Waals surface area contributed by atoms with E-state index in [1.807, 2.05) is 6.07 Å². The number of amides is 4. The first-order valence-electron chi connectivity index (χ1n) is 8.38. The van der Waals surface area contributed by atoms with Crippen LogP contribution in [0.4, 0.5) is 10.5 Å². The third-order valence-corrected chi connectivity index (χ3v) is 5.08. The molecule has 1 heterocycles. The molecule has 1 aromatic rings. The molecule has 25 heavy (non-hydrogen) atoms. The van der Waals surface area contributed by atoms with E-state index in [2.05, 4.69) is 5.32 Å². The van der Waals surface area contributed by atoms with Crippen molar-refractivity contribution < 1.29 is 14.4 Å². The number of nitrogens with zero attached hydrogens (tertiary/aromatic N) is 3. The second-order valence-electron chi connectivity index (χ2n) is 6.56. The normalized spacial score (nSPS) is 19.2. The van der Waals surface area contributed by atoms with Gasteiger partial charge in [0, 0.05) is 12.7 Å². The highest BCUT2D eigenvalue weighted by Gasteiger charge is 2.55. The van der Waals surface area contributed by atoms with Gasteiger partial charge in [-0.2, -0.15) is 5.26 Å². The van der Waals surface area contributed by atoms with Gasteiger partial charge in [-0.1, -0.05) is 19.3 Å². The Hall–Kier alpha value is -2.88. The highest BCUT2D eigenvalue weighted by atomic mass is 16.2. The molecule has 1 saturated heterocycles. The SMILES string of the molecule is CN1C(=O)N(CC(=O)Nc2ccc(C#N)cc2)C(=O)C12CCCCC2. The zero-order valence-electron chi connectivity index (χ0n) is 14.1. The van der Waals surface area contributed by atoms with Crippen LogP contribution >= 0.6 is 0 Å². The smallest absolute Gasteiger partial charge is 0.325 e.